The first-order chi connectivity index (χ1) is 17.2. The molecular formula is C30H48O7S. The SMILES string of the molecule is CC1(C)CC[C@]2(C(=O)O)[C@H](O)C[C@]3(C)C(=CC[C@@H]4[C@@]5(C)CC[C@H](OS(=O)(=O)O)C(C)(C)[C@@H]5CC[C@]43C)[C@H]2C1. The zero-order chi connectivity index (χ0) is 28.3. The van der Waals surface area contributed by atoms with Crippen molar-refractivity contribution in [3.63, 3.8) is 0 Å². The van der Waals surface area contributed by atoms with E-state index in [9.17, 15) is 28.0 Å². The lowest BCUT2D eigenvalue weighted by Gasteiger charge is -2.71. The lowest BCUT2D eigenvalue weighted by molar-refractivity contribution is -0.216. The molecule has 38 heavy (non-hydrogen) atoms. The molecule has 5 aliphatic carbocycles. The fourth-order valence-corrected chi connectivity index (χ4v) is 11.7. The minimum absolute atomic E-state index is 0.0271. The smallest absolute Gasteiger partial charge is 0.397 e. The van der Waals surface area contributed by atoms with Crippen LogP contribution in [0.1, 0.15) is 106 Å². The molecule has 0 radical (unpaired) electrons. The number of aliphatic hydroxyl groups is 1. The summed E-state index contributed by atoms with van der Waals surface area (Å²) in [5.41, 5.74) is -0.765. The summed E-state index contributed by atoms with van der Waals surface area (Å²) in [5.74, 6) is -0.492. The predicted molar refractivity (Wildman–Crippen MR) is 144 cm³/mol. The van der Waals surface area contributed by atoms with Crippen molar-refractivity contribution in [3.05, 3.63) is 11.6 Å². The minimum atomic E-state index is -4.54. The van der Waals surface area contributed by atoms with Crippen LogP contribution in [0.3, 0.4) is 0 Å². The summed E-state index contributed by atoms with van der Waals surface area (Å²) in [7, 11) is -4.54. The second-order valence-corrected chi connectivity index (χ2v) is 16.7. The van der Waals surface area contributed by atoms with Gasteiger partial charge in [0.25, 0.3) is 0 Å². The van der Waals surface area contributed by atoms with Crippen LogP contribution in [0, 0.1) is 50.2 Å². The van der Waals surface area contributed by atoms with Crippen molar-refractivity contribution in [1.82, 2.24) is 0 Å². The van der Waals surface area contributed by atoms with E-state index in [1.165, 1.54) is 5.57 Å². The molecule has 5 aliphatic rings. The van der Waals surface area contributed by atoms with Crippen LogP contribution in [-0.4, -0.2) is 41.4 Å². The van der Waals surface area contributed by atoms with Crippen molar-refractivity contribution >= 4 is 16.4 Å². The molecule has 0 aromatic carbocycles. The van der Waals surface area contributed by atoms with Crippen LogP contribution in [0.15, 0.2) is 11.6 Å². The summed E-state index contributed by atoms with van der Waals surface area (Å²) in [6.07, 6.45) is 7.53. The predicted octanol–water partition coefficient (Wildman–Crippen LogP) is 6.03. The summed E-state index contributed by atoms with van der Waals surface area (Å²) in [6, 6.07) is 0. The standard InChI is InChI=1S/C30H48O7S/c1-25(2)14-15-30(24(32)33)19(16-25)18-8-9-21-27(5)12-11-23(37-38(34,35)36)26(3,4)20(27)10-13-28(21,6)29(18,7)17-22(30)31/h8,19-23,31H,9-17H2,1-7H3,(H,32,33)(H,34,35,36)/t19-,20+,21-,22-,23+,27+,28-,29-,30-/m1/s1. The Labute approximate surface area is 228 Å². The summed E-state index contributed by atoms with van der Waals surface area (Å²) in [4.78, 5) is 12.9. The third-order valence-electron chi connectivity index (χ3n) is 13.3. The third-order valence-corrected chi connectivity index (χ3v) is 13.7. The van der Waals surface area contributed by atoms with E-state index in [-0.39, 0.29) is 33.5 Å². The second-order valence-electron chi connectivity index (χ2n) is 15.7. The van der Waals surface area contributed by atoms with Crippen molar-refractivity contribution < 1.29 is 32.2 Å². The van der Waals surface area contributed by atoms with Crippen LogP contribution in [0.2, 0.25) is 0 Å². The van der Waals surface area contributed by atoms with Gasteiger partial charge in [0, 0.05) is 0 Å². The van der Waals surface area contributed by atoms with E-state index < -0.39 is 39.4 Å². The molecule has 5 rings (SSSR count). The number of carbonyl (C=O) groups is 1. The normalized spacial score (nSPS) is 49.5. The lowest BCUT2D eigenvalue weighted by Crippen LogP contribution is -2.67. The number of hydrogen-bond acceptors (Lipinski definition) is 5. The fourth-order valence-electron chi connectivity index (χ4n) is 11.0. The van der Waals surface area contributed by atoms with E-state index in [0.717, 1.165) is 38.5 Å². The van der Waals surface area contributed by atoms with Crippen LogP contribution < -0.4 is 0 Å². The molecule has 7 nitrogen and oxygen atoms in total. The molecule has 0 aromatic heterocycles. The van der Waals surface area contributed by atoms with E-state index in [0.29, 0.717) is 25.2 Å². The van der Waals surface area contributed by atoms with Crippen molar-refractivity contribution in [2.75, 3.05) is 0 Å². The molecule has 4 saturated carbocycles. The van der Waals surface area contributed by atoms with Gasteiger partial charge in [-0.2, -0.15) is 8.42 Å². The summed E-state index contributed by atoms with van der Waals surface area (Å²) in [5, 5.41) is 22.3. The number of fused-ring (bicyclic) bond motifs is 7. The highest BCUT2D eigenvalue weighted by Crippen LogP contribution is 2.75. The molecule has 216 valence electrons. The highest BCUT2D eigenvalue weighted by molar-refractivity contribution is 7.80. The molecule has 4 fully saturated rings. The molecule has 0 amide bonds. The maximum Gasteiger partial charge on any atom is 0.397 e. The first-order valence-corrected chi connectivity index (χ1v) is 15.9. The average Bonchev–Trinajstić information content (AvgIpc) is 2.75. The molecule has 8 heteroatoms. The summed E-state index contributed by atoms with van der Waals surface area (Å²) < 4.78 is 37.9. The Kier molecular flexibility index (Phi) is 6.23. The van der Waals surface area contributed by atoms with E-state index in [1.807, 2.05) is 0 Å². The molecule has 3 N–H and O–H groups in total. The Balaban J connectivity index is 1.58. The minimum Gasteiger partial charge on any atom is -0.481 e. The quantitative estimate of drug-likeness (QED) is 0.289. The van der Waals surface area contributed by atoms with Crippen molar-refractivity contribution in [2.45, 2.75) is 118 Å². The van der Waals surface area contributed by atoms with Crippen molar-refractivity contribution in [1.29, 1.82) is 0 Å². The number of allylic oxidation sites excluding steroid dienone is 2. The van der Waals surface area contributed by atoms with Crippen LogP contribution >= 0.6 is 0 Å². The fraction of sp³-hybridized carbons (Fsp3) is 0.900. The Morgan fingerprint density at radius 3 is 2.21 bits per heavy atom. The molecule has 0 aliphatic heterocycles. The lowest BCUT2D eigenvalue weighted by atomic mass is 9.33. The van der Waals surface area contributed by atoms with E-state index in [2.05, 4.69) is 54.5 Å². The monoisotopic (exact) mass is 552 g/mol. The van der Waals surface area contributed by atoms with Gasteiger partial charge < -0.3 is 10.2 Å². The van der Waals surface area contributed by atoms with Gasteiger partial charge in [0.05, 0.1) is 12.2 Å². The van der Waals surface area contributed by atoms with Gasteiger partial charge >= 0.3 is 16.4 Å². The van der Waals surface area contributed by atoms with Gasteiger partial charge in [-0.3, -0.25) is 9.35 Å². The number of rotatable bonds is 3. The van der Waals surface area contributed by atoms with Crippen LogP contribution in [-0.2, 0) is 19.4 Å². The molecule has 0 unspecified atom stereocenters. The molecule has 9 atom stereocenters. The third kappa shape index (κ3) is 3.68. The van der Waals surface area contributed by atoms with E-state index >= 15 is 0 Å². The highest BCUT2D eigenvalue weighted by Gasteiger charge is 2.71. The first kappa shape index (κ1) is 28.6. The number of carboxylic acids is 1. The number of carboxylic acid groups (broad SMARTS) is 1. The molecule has 0 heterocycles. The van der Waals surface area contributed by atoms with Crippen LogP contribution in [0.25, 0.3) is 0 Å². The zero-order valence-electron chi connectivity index (χ0n) is 24.2. The molecular weight excluding hydrogens is 504 g/mol. The maximum atomic E-state index is 12.9. The van der Waals surface area contributed by atoms with Gasteiger partial charge in [0.1, 0.15) is 5.41 Å². The first-order valence-electron chi connectivity index (χ1n) is 14.5. The van der Waals surface area contributed by atoms with Gasteiger partial charge in [-0.1, -0.05) is 60.1 Å². The van der Waals surface area contributed by atoms with Crippen molar-refractivity contribution in [2.24, 2.45) is 50.2 Å². The molecule has 0 bridgehead atoms. The largest absolute Gasteiger partial charge is 0.481 e. The Morgan fingerprint density at radius 1 is 0.947 bits per heavy atom. The second kappa shape index (κ2) is 8.29. The summed E-state index contributed by atoms with van der Waals surface area (Å²) in [6.45, 7) is 15.7. The van der Waals surface area contributed by atoms with Gasteiger partial charge in [0.2, 0.25) is 0 Å². The zero-order valence-corrected chi connectivity index (χ0v) is 25.0. The van der Waals surface area contributed by atoms with E-state index in [4.69, 9.17) is 4.18 Å². The van der Waals surface area contributed by atoms with Crippen LogP contribution in [0.5, 0.6) is 0 Å². The van der Waals surface area contributed by atoms with Gasteiger partial charge in [-0.05, 0) is 103 Å². The highest BCUT2D eigenvalue weighted by atomic mass is 32.3. The van der Waals surface area contributed by atoms with Crippen LogP contribution in [0.4, 0.5) is 0 Å². The Hall–Kier alpha value is -0.960. The van der Waals surface area contributed by atoms with Crippen molar-refractivity contribution in [3.8, 4) is 0 Å². The number of aliphatic carboxylic acids is 1. The molecule has 0 saturated heterocycles. The maximum absolute atomic E-state index is 12.9. The molecule has 0 aromatic rings. The van der Waals surface area contributed by atoms with E-state index in [1.54, 1.807) is 0 Å². The Bertz CT molecular complexity index is 1160. The number of hydrogen-bond donors (Lipinski definition) is 3. The molecule has 0 spiro atoms. The van der Waals surface area contributed by atoms with Gasteiger partial charge in [0.15, 0.2) is 0 Å². The summed E-state index contributed by atoms with van der Waals surface area (Å²) >= 11 is 0. The topological polar surface area (TPSA) is 121 Å². The van der Waals surface area contributed by atoms with Gasteiger partial charge in [-0.25, -0.2) is 4.18 Å². The average molecular weight is 553 g/mol. The van der Waals surface area contributed by atoms with Gasteiger partial charge in [-0.15, -0.1) is 0 Å². The Morgan fingerprint density at radius 2 is 1.61 bits per heavy atom. The number of aliphatic hydroxyl groups excluding tert-OH is 1.